The number of rotatable bonds is 9. The fourth-order valence-corrected chi connectivity index (χ4v) is 4.42. The number of hydrogen-bond acceptors (Lipinski definition) is 5. The van der Waals surface area contributed by atoms with Crippen LogP contribution in [-0.4, -0.2) is 46.1 Å². The van der Waals surface area contributed by atoms with Crippen molar-refractivity contribution in [1.82, 2.24) is 4.98 Å². The topological polar surface area (TPSA) is 77.6 Å². The highest BCUT2D eigenvalue weighted by Crippen LogP contribution is 2.37. The summed E-state index contributed by atoms with van der Waals surface area (Å²) in [5.41, 5.74) is -0.182. The summed E-state index contributed by atoms with van der Waals surface area (Å²) >= 11 is 0. The fraction of sp³-hybridized carbons (Fsp3) is 0.565. The Hall–Kier alpha value is -2.12. The average Bonchev–Trinajstić information content (AvgIpc) is 3.13. The molecule has 0 atom stereocenters. The van der Waals surface area contributed by atoms with Crippen molar-refractivity contribution in [2.45, 2.75) is 63.6 Å². The molecule has 7 heteroatoms. The number of esters is 2. The molecule has 2 rings (SSSR count). The highest BCUT2D eigenvalue weighted by Gasteiger charge is 2.51. The number of unbranched alkanes of at least 4 members (excludes halogenated alkanes) is 1. The van der Waals surface area contributed by atoms with Crippen molar-refractivity contribution in [2.75, 3.05) is 20.8 Å². The second-order valence-corrected chi connectivity index (χ2v) is 14.0. The Labute approximate surface area is 180 Å². The lowest BCUT2D eigenvalue weighted by atomic mass is 9.79. The molecular weight excluding hydrogens is 398 g/mol. The molecule has 30 heavy (non-hydrogen) atoms. The van der Waals surface area contributed by atoms with Gasteiger partial charge in [0, 0.05) is 17.8 Å². The minimum absolute atomic E-state index is 0.138. The van der Waals surface area contributed by atoms with Gasteiger partial charge in [0.05, 0.1) is 14.2 Å². The summed E-state index contributed by atoms with van der Waals surface area (Å²) in [6.45, 7) is 11.6. The minimum atomic E-state index is -1.83. The molecule has 0 saturated carbocycles. The minimum Gasteiger partial charge on any atom is -0.468 e. The van der Waals surface area contributed by atoms with Crippen molar-refractivity contribution >= 4 is 31.2 Å². The van der Waals surface area contributed by atoms with E-state index < -0.39 is 25.7 Å². The van der Waals surface area contributed by atoms with Crippen LogP contribution in [0.2, 0.25) is 18.1 Å². The third-order valence-corrected chi connectivity index (χ3v) is 10.8. The van der Waals surface area contributed by atoms with Gasteiger partial charge in [0.2, 0.25) is 5.41 Å². The first-order valence-electron chi connectivity index (χ1n) is 10.4. The van der Waals surface area contributed by atoms with Crippen LogP contribution in [0.15, 0.2) is 30.3 Å². The number of nitrogens with one attached hydrogen (secondary N) is 1. The number of carbonyl (C=O) groups excluding carboxylic acids is 2. The number of benzene rings is 1. The van der Waals surface area contributed by atoms with E-state index in [9.17, 15) is 9.59 Å². The number of hydrogen-bond donors (Lipinski definition) is 1. The number of aromatic nitrogens is 1. The van der Waals surface area contributed by atoms with Crippen LogP contribution >= 0.6 is 0 Å². The number of methoxy groups -OCH3 is 2. The van der Waals surface area contributed by atoms with Gasteiger partial charge in [0.25, 0.3) is 0 Å². The van der Waals surface area contributed by atoms with E-state index in [-0.39, 0.29) is 11.5 Å². The molecular formula is C23H35NO5Si. The van der Waals surface area contributed by atoms with Crippen LogP contribution in [0.4, 0.5) is 0 Å². The molecule has 1 heterocycles. The summed E-state index contributed by atoms with van der Waals surface area (Å²) < 4.78 is 16.4. The standard InChI is InChI=1S/C23H35NO5Si/c1-22(2,3)30(6,7)29-15-11-10-14-23(20(25)27-4,21(26)28-5)19-16-17-12-8-9-13-18(17)24-19/h8-9,12-13,16,24H,10-11,14-15H2,1-7H3. The molecule has 0 fully saturated rings. The van der Waals surface area contributed by atoms with E-state index in [1.54, 1.807) is 0 Å². The smallest absolute Gasteiger partial charge is 0.329 e. The summed E-state index contributed by atoms with van der Waals surface area (Å²) in [4.78, 5) is 29.0. The molecule has 0 radical (unpaired) electrons. The van der Waals surface area contributed by atoms with Gasteiger partial charge in [-0.1, -0.05) is 39.0 Å². The normalized spacial score (nSPS) is 12.8. The quantitative estimate of drug-likeness (QED) is 0.262. The maximum absolute atomic E-state index is 12.9. The highest BCUT2D eigenvalue weighted by atomic mass is 28.4. The first kappa shape index (κ1) is 24.1. The molecule has 6 nitrogen and oxygen atoms in total. The first-order valence-corrected chi connectivity index (χ1v) is 13.3. The second kappa shape index (κ2) is 9.35. The zero-order valence-electron chi connectivity index (χ0n) is 19.3. The SMILES string of the molecule is COC(=O)C(CCCCO[Si](C)(C)C(C)(C)C)(C(=O)OC)c1cc2ccccc2[nH]1. The first-order chi connectivity index (χ1) is 14.0. The molecule has 0 aliphatic rings. The average molecular weight is 434 g/mol. The van der Waals surface area contributed by atoms with Crippen molar-refractivity contribution in [3.05, 3.63) is 36.0 Å². The Balaban J connectivity index is 2.24. The number of para-hydroxylation sites is 1. The molecule has 0 amide bonds. The highest BCUT2D eigenvalue weighted by molar-refractivity contribution is 6.74. The maximum atomic E-state index is 12.9. The molecule has 2 aromatic rings. The number of carbonyl (C=O) groups is 2. The Morgan fingerprint density at radius 3 is 2.13 bits per heavy atom. The Kier molecular flexibility index (Phi) is 7.53. The summed E-state index contributed by atoms with van der Waals surface area (Å²) in [6, 6.07) is 9.48. The van der Waals surface area contributed by atoms with Crippen molar-refractivity contribution in [2.24, 2.45) is 0 Å². The molecule has 0 aliphatic carbocycles. The van der Waals surface area contributed by atoms with Gasteiger partial charge in [-0.3, -0.25) is 9.59 Å². The fourth-order valence-electron chi connectivity index (χ4n) is 3.33. The Bertz CT molecular complexity index is 832. The summed E-state index contributed by atoms with van der Waals surface area (Å²) in [5.74, 6) is -1.24. The number of ether oxygens (including phenoxy) is 2. The van der Waals surface area contributed by atoms with E-state index >= 15 is 0 Å². The molecule has 0 bridgehead atoms. The van der Waals surface area contributed by atoms with E-state index in [0.717, 1.165) is 17.3 Å². The van der Waals surface area contributed by atoms with E-state index in [0.29, 0.717) is 18.7 Å². The van der Waals surface area contributed by atoms with E-state index in [1.807, 2.05) is 30.3 Å². The molecule has 0 unspecified atom stereocenters. The Morgan fingerprint density at radius 1 is 1.00 bits per heavy atom. The van der Waals surface area contributed by atoms with Gasteiger partial charge < -0.3 is 18.9 Å². The van der Waals surface area contributed by atoms with Gasteiger partial charge in [-0.2, -0.15) is 0 Å². The van der Waals surface area contributed by atoms with Crippen molar-refractivity contribution in [1.29, 1.82) is 0 Å². The molecule has 166 valence electrons. The van der Waals surface area contributed by atoms with Crippen molar-refractivity contribution < 1.29 is 23.5 Å². The zero-order chi connectivity index (χ0) is 22.6. The van der Waals surface area contributed by atoms with E-state index in [4.69, 9.17) is 13.9 Å². The van der Waals surface area contributed by atoms with Gasteiger partial charge in [-0.15, -0.1) is 0 Å². The van der Waals surface area contributed by atoms with Crippen LogP contribution in [0.3, 0.4) is 0 Å². The summed E-state index contributed by atoms with van der Waals surface area (Å²) in [5, 5.41) is 1.06. The lowest BCUT2D eigenvalue weighted by Crippen LogP contribution is -2.46. The van der Waals surface area contributed by atoms with Gasteiger partial charge in [0.15, 0.2) is 8.32 Å². The van der Waals surface area contributed by atoms with Crippen molar-refractivity contribution in [3.8, 4) is 0 Å². The third-order valence-electron chi connectivity index (χ3n) is 6.27. The molecule has 0 saturated heterocycles. The lowest BCUT2D eigenvalue weighted by molar-refractivity contribution is -0.162. The van der Waals surface area contributed by atoms with Crippen LogP contribution in [0.1, 0.15) is 45.7 Å². The van der Waals surface area contributed by atoms with Crippen molar-refractivity contribution in [3.63, 3.8) is 0 Å². The molecule has 1 aromatic carbocycles. The summed E-state index contributed by atoms with van der Waals surface area (Å²) in [7, 11) is 0.756. The van der Waals surface area contributed by atoms with Gasteiger partial charge in [0.1, 0.15) is 0 Å². The second-order valence-electron chi connectivity index (χ2n) is 9.22. The van der Waals surface area contributed by atoms with Gasteiger partial charge >= 0.3 is 11.9 Å². The number of H-pyrrole nitrogens is 1. The number of aromatic amines is 1. The van der Waals surface area contributed by atoms with E-state index in [2.05, 4.69) is 38.8 Å². The van der Waals surface area contributed by atoms with Crippen LogP contribution in [0.25, 0.3) is 10.9 Å². The molecule has 0 aliphatic heterocycles. The maximum Gasteiger partial charge on any atom is 0.329 e. The largest absolute Gasteiger partial charge is 0.468 e. The van der Waals surface area contributed by atoms with Crippen LogP contribution in [0, 0.1) is 0 Å². The molecule has 0 spiro atoms. The predicted molar refractivity (Wildman–Crippen MR) is 121 cm³/mol. The third kappa shape index (κ3) is 4.78. The number of fused-ring (bicyclic) bond motifs is 1. The monoisotopic (exact) mass is 433 g/mol. The van der Waals surface area contributed by atoms with Crippen LogP contribution in [-0.2, 0) is 28.9 Å². The zero-order valence-corrected chi connectivity index (χ0v) is 20.3. The summed E-state index contributed by atoms with van der Waals surface area (Å²) in [6.07, 6.45) is 1.64. The molecule has 1 aromatic heterocycles. The van der Waals surface area contributed by atoms with Gasteiger partial charge in [-0.05, 0) is 54.9 Å². The predicted octanol–water partition coefficient (Wildman–Crippen LogP) is 4.94. The van der Waals surface area contributed by atoms with Crippen LogP contribution in [0.5, 0.6) is 0 Å². The lowest BCUT2D eigenvalue weighted by Gasteiger charge is -2.36. The van der Waals surface area contributed by atoms with Gasteiger partial charge in [-0.25, -0.2) is 0 Å². The van der Waals surface area contributed by atoms with Crippen LogP contribution < -0.4 is 0 Å². The van der Waals surface area contributed by atoms with E-state index in [1.165, 1.54) is 14.2 Å². The Morgan fingerprint density at radius 2 is 1.60 bits per heavy atom. The molecule has 1 N–H and O–H groups in total.